The van der Waals surface area contributed by atoms with Crippen LogP contribution in [0.15, 0.2) is 29.2 Å². The molecule has 1 saturated heterocycles. The number of rotatable bonds is 8. The SMILES string of the molecule is CCCC(NC)C(=O)N1CCC(N(C2CC2)S(=O)(=O)c2cccc(C(F)(F)F)c2)CC1. The molecule has 0 radical (unpaired) electrons. The van der Waals surface area contributed by atoms with Gasteiger partial charge >= 0.3 is 6.18 Å². The van der Waals surface area contributed by atoms with E-state index in [1.807, 2.05) is 6.92 Å². The number of nitrogens with one attached hydrogen (secondary N) is 1. The number of halogens is 3. The second kappa shape index (κ2) is 9.46. The molecule has 1 aromatic carbocycles. The van der Waals surface area contributed by atoms with Crippen LogP contribution in [0.4, 0.5) is 13.2 Å². The van der Waals surface area contributed by atoms with Crippen LogP contribution in [0.2, 0.25) is 0 Å². The molecule has 1 atom stereocenters. The molecule has 3 rings (SSSR count). The number of hydrogen-bond acceptors (Lipinski definition) is 4. The van der Waals surface area contributed by atoms with Crippen LogP contribution in [-0.4, -0.2) is 61.8 Å². The van der Waals surface area contributed by atoms with E-state index in [-0.39, 0.29) is 28.9 Å². The molecule has 31 heavy (non-hydrogen) atoms. The van der Waals surface area contributed by atoms with E-state index in [0.717, 1.165) is 25.0 Å². The summed E-state index contributed by atoms with van der Waals surface area (Å²) < 4.78 is 67.3. The Labute approximate surface area is 181 Å². The number of nitrogens with zero attached hydrogens (tertiary/aromatic N) is 2. The highest BCUT2D eigenvalue weighted by Gasteiger charge is 2.44. The van der Waals surface area contributed by atoms with Gasteiger partial charge in [0.05, 0.1) is 16.5 Å². The third-order valence-electron chi connectivity index (χ3n) is 6.00. The van der Waals surface area contributed by atoms with Gasteiger partial charge in [0.2, 0.25) is 15.9 Å². The minimum atomic E-state index is -4.61. The number of carbonyl (C=O) groups excluding carboxylic acids is 1. The summed E-state index contributed by atoms with van der Waals surface area (Å²) >= 11 is 0. The molecule has 1 saturated carbocycles. The first-order valence-corrected chi connectivity index (χ1v) is 12.2. The summed E-state index contributed by atoms with van der Waals surface area (Å²) in [6.07, 6.45) is -0.646. The summed E-state index contributed by atoms with van der Waals surface area (Å²) in [5.41, 5.74) is -0.973. The van der Waals surface area contributed by atoms with Crippen LogP contribution in [0.1, 0.15) is 51.0 Å². The molecule has 6 nitrogen and oxygen atoms in total. The van der Waals surface area contributed by atoms with E-state index in [1.165, 1.54) is 10.4 Å². The Morgan fingerprint density at radius 2 is 1.81 bits per heavy atom. The molecule has 0 bridgehead atoms. The normalized spacial score (nSPS) is 19.6. The Morgan fingerprint density at radius 3 is 2.32 bits per heavy atom. The van der Waals surface area contributed by atoms with Crippen molar-refractivity contribution in [1.82, 2.24) is 14.5 Å². The fourth-order valence-corrected chi connectivity index (χ4v) is 6.19. The Morgan fingerprint density at radius 1 is 1.19 bits per heavy atom. The number of piperidine rings is 1. The molecule has 2 fully saturated rings. The summed E-state index contributed by atoms with van der Waals surface area (Å²) in [4.78, 5) is 14.1. The van der Waals surface area contributed by atoms with Gasteiger partial charge in [-0.25, -0.2) is 8.42 Å². The average Bonchev–Trinajstić information content (AvgIpc) is 3.56. The number of benzene rings is 1. The molecule has 1 aliphatic heterocycles. The van der Waals surface area contributed by atoms with Crippen molar-refractivity contribution in [2.24, 2.45) is 0 Å². The zero-order valence-electron chi connectivity index (χ0n) is 17.9. The lowest BCUT2D eigenvalue weighted by atomic mass is 10.0. The molecular formula is C21H30F3N3O3S. The van der Waals surface area contributed by atoms with E-state index in [1.54, 1.807) is 11.9 Å². The number of likely N-dealkylation sites (N-methyl/N-ethyl adjacent to an activating group) is 1. The van der Waals surface area contributed by atoms with E-state index < -0.39 is 21.8 Å². The molecular weight excluding hydrogens is 431 g/mol. The highest BCUT2D eigenvalue weighted by atomic mass is 32.2. The maximum atomic E-state index is 13.3. The van der Waals surface area contributed by atoms with E-state index in [9.17, 15) is 26.4 Å². The van der Waals surface area contributed by atoms with Crippen LogP contribution in [-0.2, 0) is 21.0 Å². The van der Waals surface area contributed by atoms with Gasteiger partial charge in [0, 0.05) is 25.2 Å². The van der Waals surface area contributed by atoms with Crippen molar-refractivity contribution in [3.8, 4) is 0 Å². The predicted octanol–water partition coefficient (Wildman–Crippen LogP) is 3.24. The third kappa shape index (κ3) is 5.40. The van der Waals surface area contributed by atoms with Crippen LogP contribution in [0.3, 0.4) is 0 Å². The van der Waals surface area contributed by atoms with Gasteiger partial charge in [0.25, 0.3) is 0 Å². The van der Waals surface area contributed by atoms with Crippen molar-refractivity contribution in [2.45, 2.75) is 74.6 Å². The monoisotopic (exact) mass is 461 g/mol. The van der Waals surface area contributed by atoms with Crippen molar-refractivity contribution in [1.29, 1.82) is 0 Å². The van der Waals surface area contributed by atoms with E-state index in [2.05, 4.69) is 5.32 Å². The lowest BCUT2D eigenvalue weighted by Crippen LogP contribution is -2.53. The molecule has 1 amide bonds. The summed E-state index contributed by atoms with van der Waals surface area (Å²) in [5, 5.41) is 3.04. The van der Waals surface area contributed by atoms with Gasteiger partial charge in [-0.1, -0.05) is 19.4 Å². The summed E-state index contributed by atoms with van der Waals surface area (Å²) in [6.45, 7) is 2.88. The standard InChI is InChI=1S/C21H30F3N3O3S/c1-3-5-19(25-2)20(28)26-12-10-17(11-13-26)27(16-8-9-16)31(29,30)18-7-4-6-15(14-18)21(22,23)24/h4,6-7,14,16-17,19,25H,3,5,8-13H2,1-2H3. The van der Waals surface area contributed by atoms with Gasteiger partial charge < -0.3 is 10.2 Å². The zero-order chi connectivity index (χ0) is 22.8. The summed E-state index contributed by atoms with van der Waals surface area (Å²) in [5.74, 6) is 0.0153. The smallest absolute Gasteiger partial charge is 0.341 e. The molecule has 0 spiro atoms. The summed E-state index contributed by atoms with van der Waals surface area (Å²) in [6, 6.07) is 3.18. The van der Waals surface area contributed by atoms with Crippen LogP contribution >= 0.6 is 0 Å². The molecule has 10 heteroatoms. The first kappa shape index (κ1) is 24.0. The Balaban J connectivity index is 1.76. The zero-order valence-corrected chi connectivity index (χ0v) is 18.7. The van der Waals surface area contributed by atoms with Crippen molar-refractivity contribution < 1.29 is 26.4 Å². The number of hydrogen-bond donors (Lipinski definition) is 1. The number of sulfonamides is 1. The van der Waals surface area contributed by atoms with E-state index in [4.69, 9.17) is 0 Å². The van der Waals surface area contributed by atoms with Crippen LogP contribution < -0.4 is 5.32 Å². The quantitative estimate of drug-likeness (QED) is 0.645. The van der Waals surface area contributed by atoms with Gasteiger partial charge in [0.1, 0.15) is 0 Å². The van der Waals surface area contributed by atoms with Crippen LogP contribution in [0.5, 0.6) is 0 Å². The maximum absolute atomic E-state index is 13.3. The lowest BCUT2D eigenvalue weighted by Gasteiger charge is -2.39. The highest BCUT2D eigenvalue weighted by molar-refractivity contribution is 7.89. The first-order chi connectivity index (χ1) is 14.6. The van der Waals surface area contributed by atoms with Crippen molar-refractivity contribution in [3.05, 3.63) is 29.8 Å². The molecule has 1 aromatic rings. The second-order valence-corrected chi connectivity index (χ2v) is 10.1. The number of alkyl halides is 3. The minimum Gasteiger partial charge on any atom is -0.341 e. The number of carbonyl (C=O) groups is 1. The van der Waals surface area contributed by atoms with Crippen molar-refractivity contribution in [2.75, 3.05) is 20.1 Å². The van der Waals surface area contributed by atoms with Gasteiger partial charge in [-0.2, -0.15) is 17.5 Å². The molecule has 0 aromatic heterocycles. The topological polar surface area (TPSA) is 69.7 Å². The molecule has 174 valence electrons. The molecule has 1 N–H and O–H groups in total. The lowest BCUT2D eigenvalue weighted by molar-refractivity contribution is -0.137. The summed E-state index contributed by atoms with van der Waals surface area (Å²) in [7, 11) is -2.32. The molecule has 1 unspecified atom stereocenters. The molecule has 1 aliphatic carbocycles. The van der Waals surface area contributed by atoms with E-state index in [0.29, 0.717) is 44.8 Å². The average molecular weight is 462 g/mol. The molecule has 2 aliphatic rings. The Hall–Kier alpha value is -1.65. The Bertz CT molecular complexity index is 879. The van der Waals surface area contributed by atoms with Crippen LogP contribution in [0, 0.1) is 0 Å². The number of likely N-dealkylation sites (tertiary alicyclic amines) is 1. The number of amides is 1. The van der Waals surface area contributed by atoms with Gasteiger partial charge in [-0.15, -0.1) is 0 Å². The largest absolute Gasteiger partial charge is 0.416 e. The minimum absolute atomic E-state index is 0.0153. The third-order valence-corrected chi connectivity index (χ3v) is 8.00. The first-order valence-electron chi connectivity index (χ1n) is 10.8. The second-order valence-electron chi connectivity index (χ2n) is 8.28. The fourth-order valence-electron chi connectivity index (χ4n) is 4.22. The van der Waals surface area contributed by atoms with Crippen LogP contribution in [0.25, 0.3) is 0 Å². The van der Waals surface area contributed by atoms with Gasteiger partial charge in [-0.05, 0) is 57.4 Å². The maximum Gasteiger partial charge on any atom is 0.416 e. The van der Waals surface area contributed by atoms with E-state index >= 15 is 0 Å². The predicted molar refractivity (Wildman–Crippen MR) is 111 cm³/mol. The van der Waals surface area contributed by atoms with Gasteiger partial charge in [-0.3, -0.25) is 4.79 Å². The van der Waals surface area contributed by atoms with Gasteiger partial charge in [0.15, 0.2) is 0 Å². The van der Waals surface area contributed by atoms with Crippen molar-refractivity contribution in [3.63, 3.8) is 0 Å². The fraction of sp³-hybridized carbons (Fsp3) is 0.667. The van der Waals surface area contributed by atoms with Crippen molar-refractivity contribution >= 4 is 15.9 Å². The highest BCUT2D eigenvalue weighted by Crippen LogP contribution is 2.38. The molecule has 1 heterocycles. The Kier molecular flexibility index (Phi) is 7.32.